The van der Waals surface area contributed by atoms with Gasteiger partial charge < -0.3 is 9.47 Å². The fourth-order valence-corrected chi connectivity index (χ4v) is 1.80. The molecule has 0 radical (unpaired) electrons. The molecule has 2 aromatic rings. The number of esters is 1. The quantitative estimate of drug-likeness (QED) is 0.767. The number of carbonyl (C=O) groups excluding carboxylic acids is 1. The highest BCUT2D eigenvalue weighted by Crippen LogP contribution is 2.11. The average Bonchev–Trinajstić information content (AvgIpc) is 2.50. The van der Waals surface area contributed by atoms with Crippen molar-refractivity contribution in [3.8, 4) is 5.88 Å². The summed E-state index contributed by atoms with van der Waals surface area (Å²) in [5.41, 5.74) is 0.886. The van der Waals surface area contributed by atoms with Crippen LogP contribution in [0.5, 0.6) is 5.88 Å². The smallest absolute Gasteiger partial charge is 0.338 e. The highest BCUT2D eigenvalue weighted by molar-refractivity contribution is 5.89. The summed E-state index contributed by atoms with van der Waals surface area (Å²) >= 11 is 0. The van der Waals surface area contributed by atoms with Crippen LogP contribution in [0, 0.1) is 5.82 Å². The third kappa shape index (κ3) is 4.27. The molecule has 1 aromatic heterocycles. The molecule has 0 N–H and O–H groups in total. The van der Waals surface area contributed by atoms with Crippen LogP contribution in [0.25, 0.3) is 0 Å². The molecule has 0 amide bonds. The van der Waals surface area contributed by atoms with E-state index in [0.717, 1.165) is 0 Å². The molecule has 0 aliphatic rings. The molecule has 0 saturated heterocycles. The molecule has 0 fully saturated rings. The lowest BCUT2D eigenvalue weighted by atomic mass is 10.1. The second-order valence-electron chi connectivity index (χ2n) is 4.29. The van der Waals surface area contributed by atoms with Gasteiger partial charge in [-0.2, -0.15) is 0 Å². The van der Waals surface area contributed by atoms with Crippen molar-refractivity contribution in [1.29, 1.82) is 0 Å². The Balaban J connectivity index is 1.90. The Morgan fingerprint density at radius 3 is 2.86 bits per heavy atom. The Kier molecular flexibility index (Phi) is 5.26. The maximum Gasteiger partial charge on any atom is 0.338 e. The summed E-state index contributed by atoms with van der Waals surface area (Å²) in [6.45, 7) is 2.42. The van der Waals surface area contributed by atoms with E-state index in [9.17, 15) is 9.18 Å². The van der Waals surface area contributed by atoms with Crippen molar-refractivity contribution < 1.29 is 18.7 Å². The number of rotatable bonds is 6. The predicted octanol–water partition coefficient (Wildman–Crippen LogP) is 3.02. The number of aromatic nitrogens is 1. The van der Waals surface area contributed by atoms with E-state index in [2.05, 4.69) is 4.98 Å². The Hall–Kier alpha value is -2.43. The van der Waals surface area contributed by atoms with Gasteiger partial charge in [0.05, 0.1) is 18.8 Å². The lowest BCUT2D eigenvalue weighted by Gasteiger charge is -2.07. The molecule has 0 aliphatic carbocycles. The molecule has 0 saturated carbocycles. The van der Waals surface area contributed by atoms with Crippen LogP contribution in [0.2, 0.25) is 0 Å². The van der Waals surface area contributed by atoms with Gasteiger partial charge in [0, 0.05) is 18.7 Å². The van der Waals surface area contributed by atoms with Crippen molar-refractivity contribution in [2.45, 2.75) is 13.3 Å². The van der Waals surface area contributed by atoms with Gasteiger partial charge in [-0.3, -0.25) is 0 Å². The maximum absolute atomic E-state index is 13.4. The van der Waals surface area contributed by atoms with Crippen molar-refractivity contribution in [2.24, 2.45) is 0 Å². The topological polar surface area (TPSA) is 48.4 Å². The molecule has 0 atom stereocenters. The Morgan fingerprint density at radius 1 is 1.29 bits per heavy atom. The molecule has 0 aliphatic heterocycles. The fraction of sp³-hybridized carbons (Fsp3) is 0.250. The molecule has 1 heterocycles. The third-order valence-electron chi connectivity index (χ3n) is 2.83. The van der Waals surface area contributed by atoms with Gasteiger partial charge in [0.15, 0.2) is 0 Å². The molecule has 2 rings (SSSR count). The lowest BCUT2D eigenvalue weighted by molar-refractivity contribution is 0.0507. The monoisotopic (exact) mass is 289 g/mol. The third-order valence-corrected chi connectivity index (χ3v) is 2.83. The SMILES string of the molecule is CCOc1cc(C(=O)OCCc2ccccc2F)ccn1. The number of hydrogen-bond acceptors (Lipinski definition) is 4. The first-order valence-electron chi connectivity index (χ1n) is 6.70. The van der Waals surface area contributed by atoms with Gasteiger partial charge in [-0.1, -0.05) is 18.2 Å². The summed E-state index contributed by atoms with van der Waals surface area (Å²) in [4.78, 5) is 15.8. The Morgan fingerprint density at radius 2 is 2.10 bits per heavy atom. The maximum atomic E-state index is 13.4. The number of carbonyl (C=O) groups is 1. The van der Waals surface area contributed by atoms with E-state index in [1.807, 2.05) is 6.92 Å². The molecule has 0 unspecified atom stereocenters. The lowest BCUT2D eigenvalue weighted by Crippen LogP contribution is -2.09. The number of hydrogen-bond donors (Lipinski definition) is 0. The van der Waals surface area contributed by atoms with Crippen LogP contribution in [0.4, 0.5) is 4.39 Å². The van der Waals surface area contributed by atoms with Gasteiger partial charge >= 0.3 is 5.97 Å². The first-order chi connectivity index (χ1) is 10.2. The van der Waals surface area contributed by atoms with Crippen LogP contribution in [0.3, 0.4) is 0 Å². The number of nitrogens with zero attached hydrogens (tertiary/aromatic N) is 1. The Bertz CT molecular complexity index is 616. The zero-order chi connectivity index (χ0) is 15.1. The van der Waals surface area contributed by atoms with Crippen molar-refractivity contribution in [3.05, 3.63) is 59.5 Å². The van der Waals surface area contributed by atoms with Crippen LogP contribution in [0.15, 0.2) is 42.6 Å². The van der Waals surface area contributed by atoms with Crippen molar-refractivity contribution in [2.75, 3.05) is 13.2 Å². The Labute approximate surface area is 122 Å². The molecule has 4 nitrogen and oxygen atoms in total. The second-order valence-corrected chi connectivity index (χ2v) is 4.29. The molecule has 0 bridgehead atoms. The van der Waals surface area contributed by atoms with Crippen LogP contribution in [-0.2, 0) is 11.2 Å². The molecular formula is C16H16FNO3. The fourth-order valence-electron chi connectivity index (χ4n) is 1.80. The number of benzene rings is 1. The van der Waals surface area contributed by atoms with Gasteiger partial charge in [0.1, 0.15) is 5.82 Å². The van der Waals surface area contributed by atoms with Crippen LogP contribution in [0.1, 0.15) is 22.8 Å². The summed E-state index contributed by atoms with van der Waals surface area (Å²) in [5.74, 6) is -0.396. The molecule has 5 heteroatoms. The number of ether oxygens (including phenoxy) is 2. The van der Waals surface area contributed by atoms with E-state index >= 15 is 0 Å². The highest BCUT2D eigenvalue weighted by atomic mass is 19.1. The van der Waals surface area contributed by atoms with Crippen LogP contribution in [-0.4, -0.2) is 24.2 Å². The van der Waals surface area contributed by atoms with Crippen molar-refractivity contribution in [1.82, 2.24) is 4.98 Å². The summed E-state index contributed by atoms with van der Waals surface area (Å²) in [6.07, 6.45) is 1.82. The largest absolute Gasteiger partial charge is 0.478 e. The van der Waals surface area contributed by atoms with E-state index in [1.54, 1.807) is 24.3 Å². The summed E-state index contributed by atoms with van der Waals surface area (Å²) in [6, 6.07) is 9.49. The van der Waals surface area contributed by atoms with E-state index < -0.39 is 5.97 Å². The first kappa shape index (κ1) is 15.0. The van der Waals surface area contributed by atoms with Crippen molar-refractivity contribution >= 4 is 5.97 Å². The van der Waals surface area contributed by atoms with E-state index in [4.69, 9.17) is 9.47 Å². The number of pyridine rings is 1. The molecule has 110 valence electrons. The molecule has 0 spiro atoms. The van der Waals surface area contributed by atoms with Crippen LogP contribution >= 0.6 is 0 Å². The van der Waals surface area contributed by atoms with Crippen molar-refractivity contribution in [3.63, 3.8) is 0 Å². The predicted molar refractivity (Wildman–Crippen MR) is 75.8 cm³/mol. The van der Waals surface area contributed by atoms with Gasteiger partial charge in [-0.25, -0.2) is 14.2 Å². The molecular weight excluding hydrogens is 273 g/mol. The zero-order valence-electron chi connectivity index (χ0n) is 11.7. The van der Waals surface area contributed by atoms with E-state index in [-0.39, 0.29) is 12.4 Å². The number of halogens is 1. The second kappa shape index (κ2) is 7.38. The molecule has 21 heavy (non-hydrogen) atoms. The summed E-state index contributed by atoms with van der Waals surface area (Å²) < 4.78 is 23.8. The minimum atomic E-state index is -0.477. The van der Waals surface area contributed by atoms with E-state index in [1.165, 1.54) is 18.3 Å². The zero-order valence-corrected chi connectivity index (χ0v) is 11.7. The minimum Gasteiger partial charge on any atom is -0.478 e. The van der Waals surface area contributed by atoms with E-state index in [0.29, 0.717) is 30.0 Å². The highest BCUT2D eigenvalue weighted by Gasteiger charge is 2.09. The van der Waals surface area contributed by atoms with Gasteiger partial charge in [-0.15, -0.1) is 0 Å². The minimum absolute atomic E-state index is 0.117. The summed E-state index contributed by atoms with van der Waals surface area (Å²) in [7, 11) is 0. The van der Waals surface area contributed by atoms with Gasteiger partial charge in [0.25, 0.3) is 0 Å². The van der Waals surface area contributed by atoms with Gasteiger partial charge in [0.2, 0.25) is 5.88 Å². The van der Waals surface area contributed by atoms with Crippen LogP contribution < -0.4 is 4.74 Å². The van der Waals surface area contributed by atoms with Gasteiger partial charge in [-0.05, 0) is 24.6 Å². The first-order valence-corrected chi connectivity index (χ1v) is 6.70. The standard InChI is InChI=1S/C16H16FNO3/c1-2-20-15-11-13(7-9-18-15)16(19)21-10-8-12-5-3-4-6-14(12)17/h3-7,9,11H,2,8,10H2,1H3. The molecule has 1 aromatic carbocycles. The normalized spacial score (nSPS) is 10.2. The summed E-state index contributed by atoms with van der Waals surface area (Å²) in [5, 5.41) is 0. The average molecular weight is 289 g/mol.